The van der Waals surface area contributed by atoms with E-state index in [0.29, 0.717) is 5.92 Å². The van der Waals surface area contributed by atoms with Gasteiger partial charge in [-0.25, -0.2) is 0 Å². The minimum atomic E-state index is 0.0235. The summed E-state index contributed by atoms with van der Waals surface area (Å²) in [5, 5.41) is 0. The lowest BCUT2D eigenvalue weighted by Gasteiger charge is -2.50. The molecule has 0 radical (unpaired) electrons. The summed E-state index contributed by atoms with van der Waals surface area (Å²) < 4.78 is 0. The highest BCUT2D eigenvalue weighted by atomic mass is 15.2. The molecule has 2 unspecified atom stereocenters. The molecule has 4 rings (SSSR count). The molecule has 0 amide bonds. The number of benzene rings is 2. The van der Waals surface area contributed by atoms with Gasteiger partial charge in [-0.1, -0.05) is 125 Å². The summed E-state index contributed by atoms with van der Waals surface area (Å²) in [5.41, 5.74) is 8.75. The zero-order valence-corrected chi connectivity index (χ0v) is 22.0. The van der Waals surface area contributed by atoms with E-state index < -0.39 is 0 Å². The van der Waals surface area contributed by atoms with Crippen LogP contribution in [0, 0.1) is 18.3 Å². The lowest BCUT2D eigenvalue weighted by Crippen LogP contribution is -2.47. The van der Waals surface area contributed by atoms with Gasteiger partial charge in [-0.3, -0.25) is 0 Å². The Morgan fingerprint density at radius 2 is 1.65 bits per heavy atom. The molecule has 2 aliphatic rings. The van der Waals surface area contributed by atoms with Crippen LogP contribution in [0.1, 0.15) is 76.5 Å². The van der Waals surface area contributed by atoms with E-state index in [0.717, 1.165) is 32.4 Å². The third kappa shape index (κ3) is 4.42. The fraction of sp³-hybridized carbons (Fsp3) is 0.455. The summed E-state index contributed by atoms with van der Waals surface area (Å²) in [7, 11) is 0. The molecule has 0 spiro atoms. The molecular formula is C33H43N. The van der Waals surface area contributed by atoms with Crippen LogP contribution in [0.4, 0.5) is 0 Å². The maximum absolute atomic E-state index is 4.80. The Kier molecular flexibility index (Phi) is 7.22. The van der Waals surface area contributed by atoms with E-state index in [4.69, 9.17) is 6.58 Å². The van der Waals surface area contributed by atoms with Gasteiger partial charge in [0, 0.05) is 35.5 Å². The molecule has 0 aromatic heterocycles. The third-order valence-electron chi connectivity index (χ3n) is 8.47. The topological polar surface area (TPSA) is 3.24 Å². The van der Waals surface area contributed by atoms with Crippen LogP contribution >= 0.6 is 0 Å². The Hall–Kier alpha value is -2.54. The molecule has 180 valence electrons. The largest absolute Gasteiger partial charge is 0.370 e. The lowest BCUT2D eigenvalue weighted by atomic mass is 9.64. The normalized spacial score (nSPS) is 22.6. The monoisotopic (exact) mass is 453 g/mol. The molecule has 2 aromatic carbocycles. The van der Waals surface area contributed by atoms with Crippen LogP contribution < -0.4 is 0 Å². The SMILES string of the molecule is C=C(N1CC=C2C(C)C(c3ccc(C)cc3)=CCC2(C)C1)C(CCC)(CCC)c1ccccc1. The van der Waals surface area contributed by atoms with Crippen LogP contribution in [0.15, 0.2) is 84.6 Å². The molecular weight excluding hydrogens is 410 g/mol. The van der Waals surface area contributed by atoms with E-state index >= 15 is 0 Å². The fourth-order valence-corrected chi connectivity index (χ4v) is 6.70. The number of nitrogens with zero attached hydrogens (tertiary/aromatic N) is 1. The average molecular weight is 454 g/mol. The van der Waals surface area contributed by atoms with Gasteiger partial charge in [0.1, 0.15) is 0 Å². The van der Waals surface area contributed by atoms with Crippen LogP contribution in [0.2, 0.25) is 0 Å². The van der Waals surface area contributed by atoms with Crippen LogP contribution in [-0.4, -0.2) is 18.0 Å². The standard InChI is InChI=1S/C33H43N/c1-7-20-33(21-8-2,29-12-10-9-11-13-29)27(5)34-23-19-31-26(4)30(18-22-32(31,6)24-34)28-16-14-25(3)15-17-28/h9-19,26H,5,7-8,20-24H2,1-4,6H3. The van der Waals surface area contributed by atoms with Crippen molar-refractivity contribution in [1.82, 2.24) is 4.90 Å². The van der Waals surface area contributed by atoms with Crippen molar-refractivity contribution in [3.8, 4) is 0 Å². The highest BCUT2D eigenvalue weighted by Gasteiger charge is 2.43. The van der Waals surface area contributed by atoms with Crippen molar-refractivity contribution in [2.24, 2.45) is 11.3 Å². The highest BCUT2D eigenvalue weighted by molar-refractivity contribution is 5.72. The van der Waals surface area contributed by atoms with Gasteiger partial charge in [-0.2, -0.15) is 0 Å². The van der Waals surface area contributed by atoms with E-state index in [2.05, 4.69) is 106 Å². The van der Waals surface area contributed by atoms with E-state index in [1.165, 1.54) is 40.8 Å². The Morgan fingerprint density at radius 1 is 1.00 bits per heavy atom. The van der Waals surface area contributed by atoms with Gasteiger partial charge in [-0.15, -0.1) is 0 Å². The van der Waals surface area contributed by atoms with Crippen molar-refractivity contribution < 1.29 is 0 Å². The van der Waals surface area contributed by atoms with Crippen molar-refractivity contribution in [2.45, 2.75) is 72.1 Å². The predicted molar refractivity (Wildman–Crippen MR) is 148 cm³/mol. The maximum atomic E-state index is 4.80. The van der Waals surface area contributed by atoms with Crippen molar-refractivity contribution in [1.29, 1.82) is 0 Å². The fourth-order valence-electron chi connectivity index (χ4n) is 6.70. The minimum absolute atomic E-state index is 0.0235. The average Bonchev–Trinajstić information content (AvgIpc) is 2.84. The van der Waals surface area contributed by atoms with Gasteiger partial charge in [0.05, 0.1) is 0 Å². The number of hydrogen-bond donors (Lipinski definition) is 0. The molecule has 0 saturated heterocycles. The second kappa shape index (κ2) is 9.98. The molecule has 1 heteroatoms. The van der Waals surface area contributed by atoms with E-state index in [9.17, 15) is 0 Å². The number of aryl methyl sites for hydroxylation is 1. The lowest BCUT2D eigenvalue weighted by molar-refractivity contribution is 0.183. The first-order chi connectivity index (χ1) is 16.3. The number of fused-ring (bicyclic) bond motifs is 1. The van der Waals surface area contributed by atoms with Crippen molar-refractivity contribution in [3.63, 3.8) is 0 Å². The molecule has 2 aromatic rings. The first kappa shape index (κ1) is 24.6. The number of allylic oxidation sites excluding steroid dienone is 3. The van der Waals surface area contributed by atoms with Gasteiger partial charge in [-0.05, 0) is 42.9 Å². The first-order valence-corrected chi connectivity index (χ1v) is 13.3. The summed E-state index contributed by atoms with van der Waals surface area (Å²) in [6, 6.07) is 20.2. The highest BCUT2D eigenvalue weighted by Crippen LogP contribution is 2.51. The first-order valence-electron chi connectivity index (χ1n) is 13.3. The second-order valence-corrected chi connectivity index (χ2v) is 10.9. The molecule has 0 saturated carbocycles. The van der Waals surface area contributed by atoms with Gasteiger partial charge >= 0.3 is 0 Å². The summed E-state index contributed by atoms with van der Waals surface area (Å²) in [5.74, 6) is 0.460. The molecule has 0 N–H and O–H groups in total. The van der Waals surface area contributed by atoms with Gasteiger partial charge < -0.3 is 4.90 Å². The summed E-state index contributed by atoms with van der Waals surface area (Å²) in [4.78, 5) is 2.61. The van der Waals surface area contributed by atoms with Gasteiger partial charge in [0.25, 0.3) is 0 Å². The Bertz CT molecular complexity index is 1050. The number of hydrogen-bond acceptors (Lipinski definition) is 1. The molecule has 1 aliphatic heterocycles. The zero-order valence-electron chi connectivity index (χ0n) is 22.0. The maximum Gasteiger partial charge on any atom is 0.0360 e. The van der Waals surface area contributed by atoms with E-state index in [-0.39, 0.29) is 10.8 Å². The molecule has 1 nitrogen and oxygen atoms in total. The molecule has 34 heavy (non-hydrogen) atoms. The van der Waals surface area contributed by atoms with E-state index in [1.807, 2.05) is 0 Å². The minimum Gasteiger partial charge on any atom is -0.370 e. The van der Waals surface area contributed by atoms with Crippen molar-refractivity contribution >= 4 is 5.57 Å². The molecule has 0 bridgehead atoms. The Labute approximate surface area is 208 Å². The molecule has 2 atom stereocenters. The Morgan fingerprint density at radius 3 is 2.26 bits per heavy atom. The van der Waals surface area contributed by atoms with Crippen LogP contribution in [0.5, 0.6) is 0 Å². The van der Waals surface area contributed by atoms with Crippen LogP contribution in [-0.2, 0) is 5.41 Å². The van der Waals surface area contributed by atoms with Gasteiger partial charge in [0.15, 0.2) is 0 Å². The van der Waals surface area contributed by atoms with Crippen molar-refractivity contribution in [2.75, 3.05) is 13.1 Å². The number of rotatable bonds is 8. The third-order valence-corrected chi connectivity index (χ3v) is 8.47. The predicted octanol–water partition coefficient (Wildman–Crippen LogP) is 8.72. The summed E-state index contributed by atoms with van der Waals surface area (Å²) in [6.07, 6.45) is 10.8. The smallest absolute Gasteiger partial charge is 0.0360 e. The summed E-state index contributed by atoms with van der Waals surface area (Å²) in [6.45, 7) is 18.5. The summed E-state index contributed by atoms with van der Waals surface area (Å²) >= 11 is 0. The zero-order chi connectivity index (χ0) is 24.3. The quantitative estimate of drug-likeness (QED) is 0.361. The molecule has 1 heterocycles. The molecule has 1 aliphatic carbocycles. The Balaban J connectivity index is 1.64. The van der Waals surface area contributed by atoms with E-state index in [1.54, 1.807) is 5.57 Å². The van der Waals surface area contributed by atoms with Crippen LogP contribution in [0.25, 0.3) is 5.57 Å². The second-order valence-electron chi connectivity index (χ2n) is 10.9. The molecule has 0 fully saturated rings. The van der Waals surface area contributed by atoms with Crippen molar-refractivity contribution in [3.05, 3.63) is 101 Å². The van der Waals surface area contributed by atoms with Crippen LogP contribution in [0.3, 0.4) is 0 Å². The van der Waals surface area contributed by atoms with Gasteiger partial charge in [0.2, 0.25) is 0 Å².